The van der Waals surface area contributed by atoms with Crippen LogP contribution in [0.1, 0.15) is 35.6 Å². The predicted molar refractivity (Wildman–Crippen MR) is 96.3 cm³/mol. The van der Waals surface area contributed by atoms with Crippen molar-refractivity contribution < 1.29 is 4.79 Å². The molecule has 4 rings (SSSR count). The number of hydrogen-bond acceptors (Lipinski definition) is 1. The van der Waals surface area contributed by atoms with Gasteiger partial charge in [-0.3, -0.25) is 4.79 Å². The highest BCUT2D eigenvalue weighted by Crippen LogP contribution is 2.46. The lowest BCUT2D eigenvalue weighted by Crippen LogP contribution is -2.29. The maximum absolute atomic E-state index is 13.1. The molecule has 0 saturated carbocycles. The molecule has 1 fully saturated rings. The van der Waals surface area contributed by atoms with Crippen molar-refractivity contribution in [1.29, 1.82) is 0 Å². The zero-order valence-corrected chi connectivity index (χ0v) is 14.1. The quantitative estimate of drug-likeness (QED) is 0.754. The number of benzene rings is 2. The number of likely N-dealkylation sites (tertiary alicyclic amines) is 1. The van der Waals surface area contributed by atoms with Gasteiger partial charge in [0.15, 0.2) is 0 Å². The highest BCUT2D eigenvalue weighted by Gasteiger charge is 2.47. The van der Waals surface area contributed by atoms with Crippen LogP contribution < -0.4 is 0 Å². The van der Waals surface area contributed by atoms with Gasteiger partial charge in [0.25, 0.3) is 0 Å². The van der Waals surface area contributed by atoms with E-state index in [1.165, 1.54) is 16.7 Å². The summed E-state index contributed by atoms with van der Waals surface area (Å²) >= 11 is 0. The van der Waals surface area contributed by atoms with E-state index in [1.54, 1.807) is 0 Å². The molecular weight excluding hydrogens is 294 g/mol. The first-order valence-corrected chi connectivity index (χ1v) is 8.81. The van der Waals surface area contributed by atoms with Crippen molar-refractivity contribution >= 4 is 5.91 Å². The number of amides is 1. The van der Waals surface area contributed by atoms with Gasteiger partial charge >= 0.3 is 0 Å². The summed E-state index contributed by atoms with van der Waals surface area (Å²) in [5.41, 5.74) is 3.72. The van der Waals surface area contributed by atoms with Gasteiger partial charge in [0.1, 0.15) is 0 Å². The molecule has 0 aromatic heterocycles. The van der Waals surface area contributed by atoms with Crippen LogP contribution in [0.5, 0.6) is 0 Å². The highest BCUT2D eigenvalue weighted by atomic mass is 16.2. The van der Waals surface area contributed by atoms with Crippen LogP contribution in [-0.4, -0.2) is 10.8 Å². The van der Waals surface area contributed by atoms with Crippen LogP contribution in [0.25, 0.3) is 0 Å². The second-order valence-corrected chi connectivity index (χ2v) is 7.00. The standard InChI is InChI=1S/C22H23NO/c1-16-8-7-11-18(14-16)21-19-12-5-6-13-20(19)22(24)23(21)15-17-9-3-2-4-10-17/h2-5,7-12,14,19-21H,6,13,15H2,1H3/t19-,20-,21-/m0/s1. The van der Waals surface area contributed by atoms with Crippen LogP contribution in [0.4, 0.5) is 0 Å². The molecule has 0 radical (unpaired) electrons. The monoisotopic (exact) mass is 317 g/mol. The Morgan fingerprint density at radius 3 is 2.71 bits per heavy atom. The van der Waals surface area contributed by atoms with E-state index in [9.17, 15) is 4.79 Å². The number of fused-ring (bicyclic) bond motifs is 1. The number of aryl methyl sites for hydroxylation is 1. The van der Waals surface area contributed by atoms with Gasteiger partial charge < -0.3 is 4.90 Å². The Hall–Kier alpha value is -2.35. The van der Waals surface area contributed by atoms with E-state index in [-0.39, 0.29) is 12.0 Å². The molecular formula is C22H23NO. The van der Waals surface area contributed by atoms with Crippen molar-refractivity contribution in [2.75, 3.05) is 0 Å². The Morgan fingerprint density at radius 2 is 1.92 bits per heavy atom. The van der Waals surface area contributed by atoms with E-state index in [0.29, 0.717) is 18.4 Å². The van der Waals surface area contributed by atoms with Crippen molar-refractivity contribution in [2.24, 2.45) is 11.8 Å². The summed E-state index contributed by atoms with van der Waals surface area (Å²) in [6.45, 7) is 2.81. The fraction of sp³-hybridized carbons (Fsp3) is 0.318. The van der Waals surface area contributed by atoms with Gasteiger partial charge in [-0.05, 0) is 30.9 Å². The molecule has 2 heteroatoms. The fourth-order valence-electron chi connectivity index (χ4n) is 4.24. The van der Waals surface area contributed by atoms with Gasteiger partial charge in [0.2, 0.25) is 5.91 Å². The number of rotatable bonds is 3. The Labute approximate surface area is 143 Å². The minimum absolute atomic E-state index is 0.143. The fourth-order valence-corrected chi connectivity index (χ4v) is 4.24. The average molecular weight is 317 g/mol. The molecule has 0 N–H and O–H groups in total. The smallest absolute Gasteiger partial charge is 0.227 e. The minimum Gasteiger partial charge on any atom is -0.330 e. The summed E-state index contributed by atoms with van der Waals surface area (Å²) in [5.74, 6) is 0.765. The Morgan fingerprint density at radius 1 is 1.08 bits per heavy atom. The van der Waals surface area contributed by atoms with Gasteiger partial charge in [-0.1, -0.05) is 72.3 Å². The molecule has 3 atom stereocenters. The van der Waals surface area contributed by atoms with Gasteiger partial charge in [-0.25, -0.2) is 0 Å². The number of carbonyl (C=O) groups excluding carboxylic acids is 1. The molecule has 2 aliphatic rings. The van der Waals surface area contributed by atoms with Gasteiger partial charge in [-0.15, -0.1) is 0 Å². The van der Waals surface area contributed by atoms with Crippen molar-refractivity contribution in [2.45, 2.75) is 32.4 Å². The lowest BCUT2D eigenvalue weighted by Gasteiger charge is -2.28. The highest BCUT2D eigenvalue weighted by molar-refractivity contribution is 5.83. The topological polar surface area (TPSA) is 20.3 Å². The average Bonchev–Trinajstić information content (AvgIpc) is 2.89. The third-order valence-electron chi connectivity index (χ3n) is 5.35. The molecule has 1 aliphatic heterocycles. The molecule has 0 bridgehead atoms. The SMILES string of the molecule is Cc1cccc([C@H]2[C@H]3C=CCC[C@@H]3C(=O)N2Cc2ccccc2)c1. The van der Waals surface area contributed by atoms with Crippen molar-refractivity contribution in [3.05, 3.63) is 83.4 Å². The Bertz CT molecular complexity index is 765. The molecule has 0 spiro atoms. The summed E-state index contributed by atoms with van der Waals surface area (Å²) in [7, 11) is 0. The maximum atomic E-state index is 13.1. The van der Waals surface area contributed by atoms with Gasteiger partial charge in [0, 0.05) is 18.4 Å². The van der Waals surface area contributed by atoms with E-state index in [4.69, 9.17) is 0 Å². The predicted octanol–water partition coefficient (Wildman–Crippen LogP) is 4.66. The lowest BCUT2D eigenvalue weighted by atomic mass is 9.80. The van der Waals surface area contributed by atoms with Crippen LogP contribution in [0.2, 0.25) is 0 Å². The third kappa shape index (κ3) is 2.66. The first-order chi connectivity index (χ1) is 11.7. The second-order valence-electron chi connectivity index (χ2n) is 7.00. The molecule has 122 valence electrons. The Kier molecular flexibility index (Phi) is 3.97. The lowest BCUT2D eigenvalue weighted by molar-refractivity contribution is -0.132. The van der Waals surface area contributed by atoms with Crippen molar-refractivity contribution in [3.8, 4) is 0 Å². The summed E-state index contributed by atoms with van der Waals surface area (Å²) in [6, 6.07) is 19.1. The summed E-state index contributed by atoms with van der Waals surface area (Å²) < 4.78 is 0. The molecule has 1 aliphatic carbocycles. The second kappa shape index (κ2) is 6.27. The number of nitrogens with zero attached hydrogens (tertiary/aromatic N) is 1. The zero-order chi connectivity index (χ0) is 16.5. The molecule has 2 aromatic carbocycles. The molecule has 1 amide bonds. The molecule has 2 aromatic rings. The van der Waals surface area contributed by atoms with Gasteiger partial charge in [-0.2, -0.15) is 0 Å². The molecule has 0 unspecified atom stereocenters. The maximum Gasteiger partial charge on any atom is 0.227 e. The first kappa shape index (κ1) is 15.2. The number of allylic oxidation sites excluding steroid dienone is 1. The third-order valence-corrected chi connectivity index (χ3v) is 5.35. The van der Waals surface area contributed by atoms with E-state index in [0.717, 1.165) is 12.8 Å². The largest absolute Gasteiger partial charge is 0.330 e. The van der Waals surface area contributed by atoms with Crippen LogP contribution in [0.3, 0.4) is 0 Å². The van der Waals surface area contributed by atoms with E-state index in [2.05, 4.69) is 60.4 Å². The van der Waals surface area contributed by atoms with Crippen LogP contribution in [-0.2, 0) is 11.3 Å². The van der Waals surface area contributed by atoms with E-state index >= 15 is 0 Å². The van der Waals surface area contributed by atoms with Crippen LogP contribution in [0.15, 0.2) is 66.7 Å². The summed E-state index contributed by atoms with van der Waals surface area (Å²) in [4.78, 5) is 15.2. The van der Waals surface area contributed by atoms with E-state index in [1.807, 2.05) is 18.2 Å². The molecule has 1 saturated heterocycles. The van der Waals surface area contributed by atoms with Crippen molar-refractivity contribution in [1.82, 2.24) is 4.90 Å². The zero-order valence-electron chi connectivity index (χ0n) is 14.1. The molecule has 1 heterocycles. The Balaban J connectivity index is 1.74. The molecule has 2 nitrogen and oxygen atoms in total. The first-order valence-electron chi connectivity index (χ1n) is 8.81. The van der Waals surface area contributed by atoms with Crippen LogP contribution >= 0.6 is 0 Å². The van der Waals surface area contributed by atoms with Gasteiger partial charge in [0.05, 0.1) is 6.04 Å². The van der Waals surface area contributed by atoms with E-state index < -0.39 is 0 Å². The van der Waals surface area contributed by atoms with Crippen LogP contribution in [0, 0.1) is 18.8 Å². The molecule has 24 heavy (non-hydrogen) atoms. The van der Waals surface area contributed by atoms with Crippen molar-refractivity contribution in [3.63, 3.8) is 0 Å². The number of hydrogen-bond donors (Lipinski definition) is 0. The number of carbonyl (C=O) groups is 1. The normalized spacial score (nSPS) is 25.8. The summed E-state index contributed by atoms with van der Waals surface area (Å²) in [6.07, 6.45) is 6.54. The summed E-state index contributed by atoms with van der Waals surface area (Å²) in [5, 5.41) is 0. The minimum atomic E-state index is 0.143.